The molecule has 15 heavy (non-hydrogen) atoms. The lowest BCUT2D eigenvalue weighted by atomic mass is 10.2. The molecule has 0 bridgehead atoms. The first-order chi connectivity index (χ1) is 7.06. The topological polar surface area (TPSA) is 91.7 Å². The second kappa shape index (κ2) is 4.52. The van der Waals surface area contributed by atoms with Gasteiger partial charge in [0.05, 0.1) is 0 Å². The fourth-order valence-corrected chi connectivity index (χ4v) is 1.69. The van der Waals surface area contributed by atoms with Gasteiger partial charge in [0.2, 0.25) is 0 Å². The summed E-state index contributed by atoms with van der Waals surface area (Å²) in [5.74, 6) is -3.07. The normalized spacial score (nSPS) is 9.33. The number of carbonyl (C=O) groups excluding carboxylic acids is 1. The smallest absolute Gasteiger partial charge is 0.343 e. The molecule has 0 fully saturated rings. The number of aliphatic carboxylic acids is 2. The maximum absolute atomic E-state index is 10.5. The summed E-state index contributed by atoms with van der Waals surface area (Å²) in [6, 6.07) is 1.49. The molecule has 1 aromatic heterocycles. The molecule has 0 aliphatic heterocycles. The third-order valence-electron chi connectivity index (χ3n) is 1.59. The minimum Gasteiger partial charge on any atom is -0.477 e. The second-order valence-corrected chi connectivity index (χ2v) is 3.47. The van der Waals surface area contributed by atoms with Crippen molar-refractivity contribution in [3.8, 4) is 0 Å². The van der Waals surface area contributed by atoms with Gasteiger partial charge in [-0.3, -0.25) is 4.79 Å². The standard InChI is InChI=1S/C9H6O5S/c10-4-5-1-2-15-7(5)3-6(8(11)12)9(13)14/h1-4H,(H,11,12)(H,13,14). The molecule has 5 nitrogen and oxygen atoms in total. The number of hydrogen-bond donors (Lipinski definition) is 2. The first kappa shape index (κ1) is 11.1. The summed E-state index contributed by atoms with van der Waals surface area (Å²) in [5, 5.41) is 18.7. The highest BCUT2D eigenvalue weighted by Gasteiger charge is 2.16. The third-order valence-corrected chi connectivity index (χ3v) is 2.47. The van der Waals surface area contributed by atoms with Crippen LogP contribution in [0.3, 0.4) is 0 Å². The van der Waals surface area contributed by atoms with E-state index in [0.29, 0.717) is 11.2 Å². The zero-order valence-electron chi connectivity index (χ0n) is 7.34. The zero-order chi connectivity index (χ0) is 11.4. The molecule has 78 valence electrons. The van der Waals surface area contributed by atoms with Crippen LogP contribution in [-0.2, 0) is 9.59 Å². The lowest BCUT2D eigenvalue weighted by molar-refractivity contribution is -0.140. The van der Waals surface area contributed by atoms with Crippen LogP contribution in [0.1, 0.15) is 15.2 Å². The Balaban J connectivity index is 3.18. The zero-order valence-corrected chi connectivity index (χ0v) is 8.15. The summed E-state index contributed by atoms with van der Waals surface area (Å²) in [7, 11) is 0. The number of thiophene rings is 1. The van der Waals surface area contributed by atoms with Gasteiger partial charge in [0.25, 0.3) is 0 Å². The average Bonchev–Trinajstić information content (AvgIpc) is 2.59. The quantitative estimate of drug-likeness (QED) is 0.347. The number of carboxylic acid groups (broad SMARTS) is 2. The Morgan fingerprint density at radius 3 is 2.33 bits per heavy atom. The fourth-order valence-electron chi connectivity index (χ4n) is 0.892. The van der Waals surface area contributed by atoms with Crippen molar-refractivity contribution in [1.82, 2.24) is 0 Å². The van der Waals surface area contributed by atoms with E-state index in [2.05, 4.69) is 0 Å². The monoisotopic (exact) mass is 226 g/mol. The summed E-state index contributed by atoms with van der Waals surface area (Å²) < 4.78 is 0. The van der Waals surface area contributed by atoms with Crippen LogP contribution in [0.25, 0.3) is 6.08 Å². The molecule has 6 heteroatoms. The SMILES string of the molecule is O=Cc1ccsc1C=C(C(=O)O)C(=O)O. The van der Waals surface area contributed by atoms with Gasteiger partial charge in [0.15, 0.2) is 6.29 Å². The van der Waals surface area contributed by atoms with E-state index < -0.39 is 17.5 Å². The highest BCUT2D eigenvalue weighted by Crippen LogP contribution is 2.18. The summed E-state index contributed by atoms with van der Waals surface area (Å²) in [4.78, 5) is 31.9. The second-order valence-electron chi connectivity index (χ2n) is 2.53. The lowest BCUT2D eigenvalue weighted by Crippen LogP contribution is -2.10. The first-order valence-corrected chi connectivity index (χ1v) is 4.65. The average molecular weight is 226 g/mol. The minimum atomic E-state index is -1.53. The van der Waals surface area contributed by atoms with E-state index in [9.17, 15) is 14.4 Å². The van der Waals surface area contributed by atoms with Crippen molar-refractivity contribution in [3.05, 3.63) is 27.5 Å². The molecule has 1 aromatic rings. The first-order valence-electron chi connectivity index (χ1n) is 3.77. The van der Waals surface area contributed by atoms with Gasteiger partial charge in [-0.05, 0) is 17.5 Å². The van der Waals surface area contributed by atoms with E-state index in [4.69, 9.17) is 10.2 Å². The molecular weight excluding hydrogens is 220 g/mol. The van der Waals surface area contributed by atoms with Gasteiger partial charge in [-0.25, -0.2) is 9.59 Å². The van der Waals surface area contributed by atoms with Gasteiger partial charge < -0.3 is 10.2 Å². The van der Waals surface area contributed by atoms with E-state index in [1.54, 1.807) is 5.38 Å². The minimum absolute atomic E-state index is 0.278. The largest absolute Gasteiger partial charge is 0.477 e. The molecule has 1 rings (SSSR count). The van der Waals surface area contributed by atoms with Gasteiger partial charge >= 0.3 is 11.9 Å². The Morgan fingerprint density at radius 1 is 1.27 bits per heavy atom. The maximum atomic E-state index is 10.5. The Labute approximate surface area is 88.3 Å². The van der Waals surface area contributed by atoms with E-state index in [1.165, 1.54) is 6.07 Å². The molecule has 0 aliphatic rings. The Hall–Kier alpha value is -1.95. The van der Waals surface area contributed by atoms with E-state index in [0.717, 1.165) is 17.4 Å². The highest BCUT2D eigenvalue weighted by atomic mass is 32.1. The molecular formula is C9H6O5S. The van der Waals surface area contributed by atoms with Gasteiger partial charge in [0.1, 0.15) is 5.57 Å². The molecule has 0 radical (unpaired) electrons. The summed E-state index contributed by atoms with van der Waals surface area (Å²) in [5.41, 5.74) is -0.486. The van der Waals surface area contributed by atoms with Crippen LogP contribution in [0.5, 0.6) is 0 Å². The molecule has 0 saturated carbocycles. The lowest BCUT2D eigenvalue weighted by Gasteiger charge is -1.94. The van der Waals surface area contributed by atoms with Crippen molar-refractivity contribution < 1.29 is 24.6 Å². The van der Waals surface area contributed by atoms with E-state index in [1.807, 2.05) is 0 Å². The van der Waals surface area contributed by atoms with Crippen molar-refractivity contribution in [3.63, 3.8) is 0 Å². The molecule has 0 saturated heterocycles. The maximum Gasteiger partial charge on any atom is 0.343 e. The molecule has 0 atom stereocenters. The molecule has 0 aliphatic carbocycles. The molecule has 0 unspecified atom stereocenters. The van der Waals surface area contributed by atoms with Crippen molar-refractivity contribution >= 4 is 35.6 Å². The summed E-state index contributed by atoms with van der Waals surface area (Å²) in [6.07, 6.45) is 1.52. The number of carboxylic acids is 2. The van der Waals surface area contributed by atoms with Crippen LogP contribution in [0.4, 0.5) is 0 Å². The highest BCUT2D eigenvalue weighted by molar-refractivity contribution is 7.11. The molecule has 0 spiro atoms. The van der Waals surface area contributed by atoms with Crippen molar-refractivity contribution in [2.24, 2.45) is 0 Å². The molecule has 0 amide bonds. The number of carbonyl (C=O) groups is 3. The van der Waals surface area contributed by atoms with Crippen LogP contribution < -0.4 is 0 Å². The van der Waals surface area contributed by atoms with Gasteiger partial charge in [-0.15, -0.1) is 11.3 Å². The Bertz CT molecular complexity index is 427. The summed E-state index contributed by atoms with van der Waals surface area (Å²) >= 11 is 1.10. The van der Waals surface area contributed by atoms with Crippen LogP contribution in [0.2, 0.25) is 0 Å². The van der Waals surface area contributed by atoms with Crippen LogP contribution in [0, 0.1) is 0 Å². The predicted molar refractivity (Wildman–Crippen MR) is 53.0 cm³/mol. The molecule has 2 N–H and O–H groups in total. The Morgan fingerprint density at radius 2 is 1.87 bits per heavy atom. The number of hydrogen-bond acceptors (Lipinski definition) is 4. The van der Waals surface area contributed by atoms with Crippen LogP contribution in [0.15, 0.2) is 17.0 Å². The van der Waals surface area contributed by atoms with Gasteiger partial charge in [0, 0.05) is 10.4 Å². The molecule has 0 aromatic carbocycles. The van der Waals surface area contributed by atoms with Gasteiger partial charge in [-0.1, -0.05) is 0 Å². The fraction of sp³-hybridized carbons (Fsp3) is 0. The van der Waals surface area contributed by atoms with Gasteiger partial charge in [-0.2, -0.15) is 0 Å². The van der Waals surface area contributed by atoms with Crippen molar-refractivity contribution in [1.29, 1.82) is 0 Å². The van der Waals surface area contributed by atoms with E-state index in [-0.39, 0.29) is 5.56 Å². The van der Waals surface area contributed by atoms with Crippen LogP contribution >= 0.6 is 11.3 Å². The van der Waals surface area contributed by atoms with E-state index >= 15 is 0 Å². The third kappa shape index (κ3) is 2.50. The van der Waals surface area contributed by atoms with Crippen molar-refractivity contribution in [2.45, 2.75) is 0 Å². The number of aldehydes is 1. The van der Waals surface area contributed by atoms with Crippen LogP contribution in [-0.4, -0.2) is 28.4 Å². The Kier molecular flexibility index (Phi) is 3.35. The van der Waals surface area contributed by atoms with Crippen molar-refractivity contribution in [2.75, 3.05) is 0 Å². The molecule has 1 heterocycles. The summed E-state index contributed by atoms with van der Waals surface area (Å²) in [6.45, 7) is 0. The predicted octanol–water partition coefficient (Wildman–Crippen LogP) is 1.11. The number of rotatable bonds is 4.